The lowest BCUT2D eigenvalue weighted by Gasteiger charge is -1.94. The number of nitrogens with zero attached hydrogens (tertiary/aromatic N) is 1. The van der Waals surface area contributed by atoms with Gasteiger partial charge in [-0.1, -0.05) is 19.7 Å². The predicted octanol–water partition coefficient (Wildman–Crippen LogP) is 0.0616. The third kappa shape index (κ3) is 42.0. The minimum Gasteiger partial charge on any atom is -0.460 e. The molecule has 6 heteroatoms. The van der Waals surface area contributed by atoms with Crippen molar-refractivity contribution in [1.82, 2.24) is 0 Å². The van der Waals surface area contributed by atoms with Gasteiger partial charge in [-0.2, -0.15) is 5.26 Å². The van der Waals surface area contributed by atoms with Gasteiger partial charge in [-0.05, 0) is 6.08 Å². The van der Waals surface area contributed by atoms with Crippen LogP contribution in [0.5, 0.6) is 0 Å². The summed E-state index contributed by atoms with van der Waals surface area (Å²) in [4.78, 5) is 19.6. The van der Waals surface area contributed by atoms with Gasteiger partial charge in [0.05, 0.1) is 12.7 Å². The molecule has 0 bridgehead atoms. The molecule has 0 aromatic carbocycles. The van der Waals surface area contributed by atoms with Gasteiger partial charge < -0.3 is 15.6 Å². The molecule has 0 rings (SSSR count). The number of carbonyl (C=O) groups is 2. The molecule has 0 aromatic heterocycles. The van der Waals surface area contributed by atoms with E-state index in [-0.39, 0.29) is 13.2 Å². The minimum absolute atomic E-state index is 0.0465. The zero-order valence-electron chi connectivity index (χ0n) is 9.46. The number of rotatable bonds is 4. The number of aliphatic hydroxyl groups is 1. The van der Waals surface area contributed by atoms with Gasteiger partial charge in [-0.3, -0.25) is 4.79 Å². The molecule has 0 aromatic rings. The van der Waals surface area contributed by atoms with Crippen molar-refractivity contribution >= 4 is 11.9 Å². The molecule has 0 aliphatic rings. The summed E-state index contributed by atoms with van der Waals surface area (Å²) in [6.07, 6.45) is 3.29. The van der Waals surface area contributed by atoms with Gasteiger partial charge in [0.15, 0.2) is 0 Å². The molecule has 0 heterocycles. The number of nitrogens with two attached hydrogens (primary N) is 1. The second-order valence-electron chi connectivity index (χ2n) is 2.03. The molecular weight excluding hydrogens is 224 g/mol. The Hall–Kier alpha value is -2.39. The SMILES string of the molecule is C=CC#N.C=CC(=O)OCCO.C=CC(N)=O. The number of hydrogen-bond donors (Lipinski definition) is 2. The van der Waals surface area contributed by atoms with Crippen molar-refractivity contribution in [3.63, 3.8) is 0 Å². The Kier molecular flexibility index (Phi) is 22.7. The van der Waals surface area contributed by atoms with Crippen LogP contribution in [-0.4, -0.2) is 30.2 Å². The first-order valence-corrected chi connectivity index (χ1v) is 4.32. The second-order valence-corrected chi connectivity index (χ2v) is 2.03. The summed E-state index contributed by atoms with van der Waals surface area (Å²) < 4.78 is 4.33. The van der Waals surface area contributed by atoms with Crippen LogP contribution >= 0.6 is 0 Å². The third-order valence-electron chi connectivity index (χ3n) is 0.795. The van der Waals surface area contributed by atoms with Crippen LogP contribution in [0, 0.1) is 11.3 Å². The maximum atomic E-state index is 10.1. The van der Waals surface area contributed by atoms with E-state index < -0.39 is 11.9 Å². The smallest absolute Gasteiger partial charge is 0.330 e. The Morgan fingerprint density at radius 2 is 1.76 bits per heavy atom. The first-order chi connectivity index (χ1) is 7.99. The second kappa shape index (κ2) is 19.2. The van der Waals surface area contributed by atoms with E-state index in [1.807, 2.05) is 0 Å². The molecule has 0 saturated carbocycles. The van der Waals surface area contributed by atoms with Crippen LogP contribution in [0.3, 0.4) is 0 Å². The summed E-state index contributed by atoms with van der Waals surface area (Å²) in [6, 6.07) is 1.69. The summed E-state index contributed by atoms with van der Waals surface area (Å²) in [5, 5.41) is 15.6. The van der Waals surface area contributed by atoms with Crippen molar-refractivity contribution in [2.45, 2.75) is 0 Å². The van der Waals surface area contributed by atoms with Gasteiger partial charge in [0.25, 0.3) is 0 Å². The van der Waals surface area contributed by atoms with Crippen molar-refractivity contribution in [2.24, 2.45) is 5.73 Å². The normalized spacial score (nSPS) is 6.59. The van der Waals surface area contributed by atoms with Crippen LogP contribution in [0.2, 0.25) is 0 Å². The molecule has 0 unspecified atom stereocenters. The Morgan fingerprint density at radius 3 is 1.94 bits per heavy atom. The first kappa shape index (κ1) is 20.1. The molecule has 0 fully saturated rings. The standard InChI is InChI=1S/C5H8O3.C3H5NO.C3H3N/c1-2-5(7)8-4-3-6;1-2-3(4)5;1-2-3-4/h2,6H,1,3-4H2;2H,1H2,(H2,4,5);2H,1H2. The first-order valence-electron chi connectivity index (χ1n) is 4.32. The Balaban J connectivity index is -0.000000188. The lowest BCUT2D eigenvalue weighted by molar-refractivity contribution is -0.138. The Labute approximate surface area is 100 Å². The number of allylic oxidation sites excluding steroid dienone is 1. The predicted molar refractivity (Wildman–Crippen MR) is 63.4 cm³/mol. The van der Waals surface area contributed by atoms with Gasteiger partial charge in [0, 0.05) is 12.2 Å². The monoisotopic (exact) mass is 240 g/mol. The lowest BCUT2D eigenvalue weighted by Crippen LogP contribution is -2.04. The van der Waals surface area contributed by atoms with Gasteiger partial charge in [-0.25, -0.2) is 4.79 Å². The van der Waals surface area contributed by atoms with Crippen LogP contribution in [0.25, 0.3) is 0 Å². The zero-order valence-corrected chi connectivity index (χ0v) is 9.46. The third-order valence-corrected chi connectivity index (χ3v) is 0.795. The average Bonchev–Trinajstić information content (AvgIpc) is 2.36. The average molecular weight is 240 g/mol. The van der Waals surface area contributed by atoms with Gasteiger partial charge in [-0.15, -0.1) is 0 Å². The molecular formula is C11H16N2O4. The molecule has 0 radical (unpaired) electrons. The van der Waals surface area contributed by atoms with E-state index >= 15 is 0 Å². The van der Waals surface area contributed by atoms with Crippen LogP contribution < -0.4 is 5.73 Å². The topological polar surface area (TPSA) is 113 Å². The van der Waals surface area contributed by atoms with E-state index in [2.05, 4.69) is 30.2 Å². The number of carbonyl (C=O) groups excluding carboxylic acids is 2. The maximum Gasteiger partial charge on any atom is 0.330 e. The molecule has 0 atom stereocenters. The molecule has 1 amide bonds. The quantitative estimate of drug-likeness (QED) is 0.410. The molecule has 17 heavy (non-hydrogen) atoms. The number of nitriles is 1. The Bertz CT molecular complexity index is 292. The fourth-order valence-electron chi connectivity index (χ4n) is 0.205. The van der Waals surface area contributed by atoms with Crippen molar-refractivity contribution in [3.05, 3.63) is 38.0 Å². The number of esters is 1. The summed E-state index contributed by atoms with van der Waals surface area (Å²) in [6.45, 7) is 9.27. The fraction of sp³-hybridized carbons (Fsp3) is 0.182. The van der Waals surface area contributed by atoms with Gasteiger partial charge in [0.2, 0.25) is 5.91 Å². The van der Waals surface area contributed by atoms with Crippen LogP contribution in [0.4, 0.5) is 0 Å². The van der Waals surface area contributed by atoms with Crippen molar-refractivity contribution in [3.8, 4) is 6.07 Å². The molecule has 3 N–H and O–H groups in total. The van der Waals surface area contributed by atoms with Gasteiger partial charge >= 0.3 is 5.97 Å². The van der Waals surface area contributed by atoms with E-state index in [4.69, 9.17) is 10.4 Å². The number of amides is 1. The highest BCUT2D eigenvalue weighted by Gasteiger charge is 1.90. The van der Waals surface area contributed by atoms with E-state index in [1.54, 1.807) is 6.07 Å². The van der Waals surface area contributed by atoms with Crippen molar-refractivity contribution < 1.29 is 19.4 Å². The number of aliphatic hydroxyl groups excluding tert-OH is 1. The highest BCUT2D eigenvalue weighted by molar-refractivity contribution is 5.85. The highest BCUT2D eigenvalue weighted by Crippen LogP contribution is 1.75. The maximum absolute atomic E-state index is 10.1. The van der Waals surface area contributed by atoms with Crippen LogP contribution in [0.1, 0.15) is 0 Å². The van der Waals surface area contributed by atoms with Crippen molar-refractivity contribution in [1.29, 1.82) is 5.26 Å². The zero-order chi connectivity index (χ0) is 14.1. The van der Waals surface area contributed by atoms with Crippen LogP contribution in [0.15, 0.2) is 38.0 Å². The van der Waals surface area contributed by atoms with Crippen molar-refractivity contribution in [2.75, 3.05) is 13.2 Å². The summed E-state index contributed by atoms with van der Waals surface area (Å²) in [5.74, 6) is -0.982. The molecule has 0 spiro atoms. The van der Waals surface area contributed by atoms with Crippen LogP contribution in [-0.2, 0) is 14.3 Å². The highest BCUT2D eigenvalue weighted by atomic mass is 16.5. The Morgan fingerprint density at radius 1 is 1.35 bits per heavy atom. The summed E-state index contributed by atoms with van der Waals surface area (Å²) in [7, 11) is 0. The molecule has 0 aliphatic heterocycles. The number of primary amides is 1. The van der Waals surface area contributed by atoms with E-state index in [1.165, 1.54) is 6.08 Å². The van der Waals surface area contributed by atoms with E-state index in [0.717, 1.165) is 12.2 Å². The van der Waals surface area contributed by atoms with E-state index in [0.29, 0.717) is 0 Å². The molecule has 0 saturated heterocycles. The molecule has 94 valence electrons. The molecule has 6 nitrogen and oxygen atoms in total. The fourth-order valence-corrected chi connectivity index (χ4v) is 0.205. The molecule has 0 aliphatic carbocycles. The van der Waals surface area contributed by atoms with Gasteiger partial charge in [0.1, 0.15) is 6.61 Å². The minimum atomic E-state index is -0.501. The number of hydrogen-bond acceptors (Lipinski definition) is 5. The lowest BCUT2D eigenvalue weighted by atomic mass is 10.6. The largest absolute Gasteiger partial charge is 0.460 e. The summed E-state index contributed by atoms with van der Waals surface area (Å²) >= 11 is 0. The number of ether oxygens (including phenoxy) is 1. The van der Waals surface area contributed by atoms with E-state index in [9.17, 15) is 9.59 Å². The summed E-state index contributed by atoms with van der Waals surface area (Å²) in [5.41, 5.74) is 4.53.